The summed E-state index contributed by atoms with van der Waals surface area (Å²) in [6.45, 7) is 0.177. The van der Waals surface area contributed by atoms with Crippen molar-refractivity contribution in [2.75, 3.05) is 24.7 Å². The van der Waals surface area contributed by atoms with Crippen molar-refractivity contribution in [1.82, 2.24) is 0 Å². The zero-order chi connectivity index (χ0) is 23.1. The molecule has 0 atom stereocenters. The lowest BCUT2D eigenvalue weighted by Gasteiger charge is -2.29. The van der Waals surface area contributed by atoms with E-state index in [-0.39, 0.29) is 36.4 Å². The quantitative estimate of drug-likeness (QED) is 0.591. The molecule has 1 amide bonds. The number of hydrogen-bond donors (Lipinski definition) is 1. The number of carbonyl (C=O) groups excluding carboxylic acids is 1. The average Bonchev–Trinajstić information content (AvgIpc) is 2.76. The summed E-state index contributed by atoms with van der Waals surface area (Å²) in [5.74, 6) is -3.44. The van der Waals surface area contributed by atoms with Gasteiger partial charge in [0.05, 0.1) is 24.6 Å². The van der Waals surface area contributed by atoms with E-state index in [1.807, 2.05) is 0 Å². The highest BCUT2D eigenvalue weighted by atomic mass is 19.2. The van der Waals surface area contributed by atoms with Crippen LogP contribution in [0.2, 0.25) is 0 Å². The predicted octanol–water partition coefficient (Wildman–Crippen LogP) is 5.29. The Bertz CT molecular complexity index is 947. The molecule has 2 aromatic rings. The van der Waals surface area contributed by atoms with Crippen LogP contribution in [0.15, 0.2) is 42.5 Å². The zero-order valence-corrected chi connectivity index (χ0v) is 17.3. The van der Waals surface area contributed by atoms with Crippen LogP contribution < -0.4 is 4.90 Å². The third-order valence-electron chi connectivity index (χ3n) is 5.40. The number of nitrogens with zero attached hydrogens (tertiary/aromatic N) is 1. The van der Waals surface area contributed by atoms with Crippen molar-refractivity contribution < 1.29 is 37.3 Å². The van der Waals surface area contributed by atoms with Crippen LogP contribution in [0, 0.1) is 29.3 Å². The molecule has 0 radical (unpaired) electrons. The first-order valence-electron chi connectivity index (χ1n) is 10.3. The minimum atomic E-state index is -1.14. The molecule has 6 nitrogen and oxygen atoms in total. The van der Waals surface area contributed by atoms with Gasteiger partial charge >= 0.3 is 12.1 Å². The molecule has 1 saturated carbocycles. The van der Waals surface area contributed by atoms with Gasteiger partial charge in [-0.15, -0.1) is 0 Å². The Balaban J connectivity index is 1.61. The molecular formula is C23H24F3NO5. The highest BCUT2D eigenvalue weighted by molar-refractivity contribution is 5.95. The highest BCUT2D eigenvalue weighted by Crippen LogP contribution is 2.31. The van der Waals surface area contributed by atoms with Crippen LogP contribution in [-0.4, -0.2) is 37.0 Å². The molecule has 0 unspecified atom stereocenters. The highest BCUT2D eigenvalue weighted by Gasteiger charge is 2.26. The van der Waals surface area contributed by atoms with E-state index >= 15 is 0 Å². The Morgan fingerprint density at radius 1 is 0.906 bits per heavy atom. The van der Waals surface area contributed by atoms with Gasteiger partial charge in [-0.2, -0.15) is 0 Å². The molecular weight excluding hydrogens is 427 g/mol. The first kappa shape index (κ1) is 23.6. The van der Waals surface area contributed by atoms with Crippen molar-refractivity contribution in [2.45, 2.75) is 25.7 Å². The summed E-state index contributed by atoms with van der Waals surface area (Å²) in [4.78, 5) is 24.4. The number of carbonyl (C=O) groups is 2. The smallest absolute Gasteiger partial charge is 0.418 e. The minimum Gasteiger partial charge on any atom is -0.480 e. The van der Waals surface area contributed by atoms with Gasteiger partial charge in [-0.3, -0.25) is 0 Å². The van der Waals surface area contributed by atoms with Gasteiger partial charge in [-0.25, -0.2) is 27.7 Å². The van der Waals surface area contributed by atoms with Gasteiger partial charge < -0.3 is 14.6 Å². The molecule has 0 aromatic heterocycles. The van der Waals surface area contributed by atoms with Crippen molar-refractivity contribution in [2.24, 2.45) is 11.8 Å². The summed E-state index contributed by atoms with van der Waals surface area (Å²) in [7, 11) is 0. The van der Waals surface area contributed by atoms with Crippen LogP contribution >= 0.6 is 0 Å². The summed E-state index contributed by atoms with van der Waals surface area (Å²) >= 11 is 0. The molecule has 1 aliphatic rings. The largest absolute Gasteiger partial charge is 0.480 e. The third kappa shape index (κ3) is 6.46. The number of rotatable bonds is 8. The van der Waals surface area contributed by atoms with Crippen LogP contribution in [0.5, 0.6) is 0 Å². The fourth-order valence-electron chi connectivity index (χ4n) is 3.73. The SMILES string of the molecule is O=C(O)COC[C@H]1CC[C@H](COC(=O)N(c2cccc(F)c2)c2ccc(F)c(F)c2)CC1. The first-order chi connectivity index (χ1) is 15.3. The van der Waals surface area contributed by atoms with Gasteiger partial charge in [0.2, 0.25) is 0 Å². The number of carboxylic acid groups (broad SMARTS) is 1. The lowest BCUT2D eigenvalue weighted by molar-refractivity contribution is -0.142. The van der Waals surface area contributed by atoms with Gasteiger partial charge in [-0.05, 0) is 67.9 Å². The maximum absolute atomic E-state index is 13.8. The lowest BCUT2D eigenvalue weighted by Crippen LogP contribution is -2.30. The van der Waals surface area contributed by atoms with Gasteiger partial charge in [0.15, 0.2) is 11.6 Å². The maximum atomic E-state index is 13.8. The molecule has 0 heterocycles. The second kappa shape index (κ2) is 11.0. The third-order valence-corrected chi connectivity index (χ3v) is 5.40. The number of benzene rings is 2. The van der Waals surface area contributed by atoms with E-state index < -0.39 is 29.5 Å². The molecule has 0 saturated heterocycles. The van der Waals surface area contributed by atoms with Gasteiger partial charge in [0, 0.05) is 6.07 Å². The van der Waals surface area contributed by atoms with E-state index in [9.17, 15) is 22.8 Å². The second-order valence-electron chi connectivity index (χ2n) is 7.79. The van der Waals surface area contributed by atoms with Crippen LogP contribution in [0.1, 0.15) is 25.7 Å². The minimum absolute atomic E-state index is 0.0128. The number of halogens is 3. The first-order valence-corrected chi connectivity index (χ1v) is 10.3. The molecule has 3 rings (SSSR count). The lowest BCUT2D eigenvalue weighted by atomic mass is 9.83. The Kier molecular flexibility index (Phi) is 8.10. The number of hydrogen-bond acceptors (Lipinski definition) is 4. The number of anilines is 2. The second-order valence-corrected chi connectivity index (χ2v) is 7.79. The van der Waals surface area contributed by atoms with E-state index in [1.165, 1.54) is 24.3 Å². The predicted molar refractivity (Wildman–Crippen MR) is 110 cm³/mol. The molecule has 0 spiro atoms. The van der Waals surface area contributed by atoms with E-state index in [0.29, 0.717) is 6.61 Å². The standard InChI is InChI=1S/C23H24F3NO5/c24-17-2-1-3-18(10-17)27(19-8-9-20(25)21(26)11-19)23(30)32-13-16-6-4-15(5-7-16)12-31-14-22(28)29/h1-3,8-11,15-16H,4-7,12-14H2,(H,28,29)/t15-,16-. The van der Waals surface area contributed by atoms with Crippen molar-refractivity contribution >= 4 is 23.4 Å². The van der Waals surface area contributed by atoms with Gasteiger partial charge in [0.25, 0.3) is 0 Å². The normalized spacial score (nSPS) is 18.2. The zero-order valence-electron chi connectivity index (χ0n) is 17.3. The molecule has 0 bridgehead atoms. The summed E-state index contributed by atoms with van der Waals surface area (Å²) in [5.41, 5.74) is 0.138. The monoisotopic (exact) mass is 451 g/mol. The molecule has 172 valence electrons. The topological polar surface area (TPSA) is 76.1 Å². The van der Waals surface area contributed by atoms with E-state index in [4.69, 9.17) is 14.6 Å². The Morgan fingerprint density at radius 2 is 1.56 bits per heavy atom. The molecule has 2 aromatic carbocycles. The van der Waals surface area contributed by atoms with Crippen molar-refractivity contribution in [1.29, 1.82) is 0 Å². The molecule has 32 heavy (non-hydrogen) atoms. The number of carboxylic acids is 1. The van der Waals surface area contributed by atoms with E-state index in [1.54, 1.807) is 0 Å². The molecule has 1 aliphatic carbocycles. The van der Waals surface area contributed by atoms with Crippen LogP contribution in [0.3, 0.4) is 0 Å². The molecule has 1 N–H and O–H groups in total. The Labute approximate surface area is 183 Å². The van der Waals surface area contributed by atoms with Crippen LogP contribution in [0.4, 0.5) is 29.3 Å². The molecule has 1 fully saturated rings. The number of aliphatic carboxylic acids is 1. The fourth-order valence-corrected chi connectivity index (χ4v) is 3.73. The summed E-state index contributed by atoms with van der Waals surface area (Å²) in [6.07, 6.45) is 2.37. The Hall–Kier alpha value is -3.07. The Morgan fingerprint density at radius 3 is 2.19 bits per heavy atom. The van der Waals surface area contributed by atoms with Crippen molar-refractivity contribution in [3.63, 3.8) is 0 Å². The van der Waals surface area contributed by atoms with Gasteiger partial charge in [-0.1, -0.05) is 6.07 Å². The summed E-state index contributed by atoms with van der Waals surface area (Å²) in [5, 5.41) is 8.62. The van der Waals surface area contributed by atoms with Crippen molar-refractivity contribution in [3.8, 4) is 0 Å². The van der Waals surface area contributed by atoms with Crippen molar-refractivity contribution in [3.05, 3.63) is 59.9 Å². The average molecular weight is 451 g/mol. The van der Waals surface area contributed by atoms with Crippen LogP contribution in [0.25, 0.3) is 0 Å². The summed E-state index contributed by atoms with van der Waals surface area (Å²) in [6, 6.07) is 8.13. The fraction of sp³-hybridized carbons (Fsp3) is 0.391. The molecule has 9 heteroatoms. The maximum Gasteiger partial charge on any atom is 0.418 e. The van der Waals surface area contributed by atoms with Gasteiger partial charge in [0.1, 0.15) is 12.4 Å². The number of amides is 1. The number of ether oxygens (including phenoxy) is 2. The van der Waals surface area contributed by atoms with Crippen LogP contribution in [-0.2, 0) is 14.3 Å². The molecule has 0 aliphatic heterocycles. The van der Waals surface area contributed by atoms with E-state index in [0.717, 1.165) is 48.8 Å². The van der Waals surface area contributed by atoms with E-state index in [2.05, 4.69) is 0 Å². The summed E-state index contributed by atoms with van der Waals surface area (Å²) < 4.78 is 51.5.